The normalized spacial score (nSPS) is 13.5. The molecule has 1 atom stereocenters. The molecule has 1 aromatic carbocycles. The van der Waals surface area contributed by atoms with Gasteiger partial charge in [0.1, 0.15) is 0 Å². The van der Waals surface area contributed by atoms with Crippen molar-refractivity contribution in [2.75, 3.05) is 6.54 Å². The number of halogens is 1. The van der Waals surface area contributed by atoms with Gasteiger partial charge in [-0.25, -0.2) is 0 Å². The van der Waals surface area contributed by atoms with Crippen molar-refractivity contribution in [2.45, 2.75) is 58.8 Å². The Bertz CT molecular complexity index is 373. The Morgan fingerprint density at radius 2 is 1.95 bits per heavy atom. The van der Waals surface area contributed by atoms with Crippen LogP contribution in [0.15, 0.2) is 28.7 Å². The fourth-order valence-electron chi connectivity index (χ4n) is 1.78. The van der Waals surface area contributed by atoms with Crippen LogP contribution in [0.5, 0.6) is 0 Å². The van der Waals surface area contributed by atoms with Gasteiger partial charge in [-0.05, 0) is 58.7 Å². The second-order valence-corrected chi connectivity index (χ2v) is 6.89. The largest absolute Gasteiger partial charge is 0.374 e. The van der Waals surface area contributed by atoms with Crippen molar-refractivity contribution in [1.29, 1.82) is 0 Å². The molecule has 1 rings (SSSR count). The maximum atomic E-state index is 5.88. The van der Waals surface area contributed by atoms with Crippen LogP contribution in [-0.2, 0) is 11.3 Å². The van der Waals surface area contributed by atoms with Gasteiger partial charge in [0.25, 0.3) is 0 Å². The Labute approximate surface area is 126 Å². The molecule has 1 aromatic rings. The summed E-state index contributed by atoms with van der Waals surface area (Å²) in [5.41, 5.74) is 1.42. The van der Waals surface area contributed by atoms with E-state index in [2.05, 4.69) is 61.1 Å². The van der Waals surface area contributed by atoms with E-state index in [0.29, 0.717) is 12.7 Å². The molecule has 108 valence electrons. The monoisotopic (exact) mass is 327 g/mol. The second kappa shape index (κ2) is 8.03. The first-order chi connectivity index (χ1) is 8.88. The predicted molar refractivity (Wildman–Crippen MR) is 85.4 cm³/mol. The zero-order valence-corrected chi connectivity index (χ0v) is 14.1. The van der Waals surface area contributed by atoms with Crippen LogP contribution in [0.2, 0.25) is 0 Å². The Morgan fingerprint density at radius 1 is 1.26 bits per heavy atom. The molecule has 0 spiro atoms. The number of ether oxygens (including phenoxy) is 1. The van der Waals surface area contributed by atoms with E-state index in [4.69, 9.17) is 4.74 Å². The number of rotatable bonds is 7. The van der Waals surface area contributed by atoms with Gasteiger partial charge in [-0.1, -0.05) is 34.1 Å². The minimum atomic E-state index is 0.207. The van der Waals surface area contributed by atoms with Gasteiger partial charge in [-0.15, -0.1) is 0 Å². The molecule has 0 aliphatic carbocycles. The van der Waals surface area contributed by atoms with Gasteiger partial charge >= 0.3 is 0 Å². The van der Waals surface area contributed by atoms with Gasteiger partial charge in [-0.3, -0.25) is 0 Å². The van der Waals surface area contributed by atoms with E-state index in [0.717, 1.165) is 23.9 Å². The lowest BCUT2D eigenvalue weighted by molar-refractivity contribution is 0.0458. The van der Waals surface area contributed by atoms with Gasteiger partial charge < -0.3 is 10.1 Å². The van der Waals surface area contributed by atoms with Crippen LogP contribution >= 0.6 is 15.9 Å². The third-order valence-electron chi connectivity index (χ3n) is 2.92. The average molecular weight is 328 g/mol. The zero-order valence-electron chi connectivity index (χ0n) is 12.5. The summed E-state index contributed by atoms with van der Waals surface area (Å²) in [4.78, 5) is 0. The Kier molecular flexibility index (Phi) is 7.05. The van der Waals surface area contributed by atoms with E-state index in [-0.39, 0.29) is 5.54 Å². The molecule has 2 nitrogen and oxygen atoms in total. The molecule has 0 heterocycles. The van der Waals surface area contributed by atoms with Gasteiger partial charge in [0.05, 0.1) is 12.7 Å². The summed E-state index contributed by atoms with van der Waals surface area (Å²) in [6, 6.07) is 8.21. The van der Waals surface area contributed by atoms with E-state index in [1.807, 2.05) is 12.1 Å². The lowest BCUT2D eigenvalue weighted by Gasteiger charge is -2.21. The van der Waals surface area contributed by atoms with E-state index in [9.17, 15) is 0 Å². The Hall–Kier alpha value is -0.380. The molecule has 0 aliphatic rings. The van der Waals surface area contributed by atoms with Crippen molar-refractivity contribution < 1.29 is 4.74 Å². The molecular weight excluding hydrogens is 302 g/mol. The maximum Gasteiger partial charge on any atom is 0.0731 e. The highest BCUT2D eigenvalue weighted by Gasteiger charge is 2.09. The SMILES string of the molecule is CC(CCCNC(C)(C)C)OCc1ccccc1Br. The van der Waals surface area contributed by atoms with Crippen LogP contribution < -0.4 is 5.32 Å². The van der Waals surface area contributed by atoms with Crippen LogP contribution in [0.4, 0.5) is 0 Å². The third-order valence-corrected chi connectivity index (χ3v) is 3.70. The number of benzene rings is 1. The van der Waals surface area contributed by atoms with Crippen LogP contribution in [0.3, 0.4) is 0 Å². The average Bonchev–Trinajstić information content (AvgIpc) is 2.32. The van der Waals surface area contributed by atoms with Gasteiger partial charge in [0, 0.05) is 10.0 Å². The predicted octanol–water partition coefficient (Wildman–Crippen LogP) is 4.52. The third kappa shape index (κ3) is 7.71. The smallest absolute Gasteiger partial charge is 0.0731 e. The van der Waals surface area contributed by atoms with Crippen LogP contribution in [0.1, 0.15) is 46.1 Å². The molecule has 0 amide bonds. The molecule has 0 saturated heterocycles. The summed E-state index contributed by atoms with van der Waals surface area (Å²) < 4.78 is 7.01. The van der Waals surface area contributed by atoms with E-state index < -0.39 is 0 Å². The highest BCUT2D eigenvalue weighted by molar-refractivity contribution is 9.10. The standard InChI is InChI=1S/C16H26BrNO/c1-13(8-7-11-18-16(2,3)4)19-12-14-9-5-6-10-15(14)17/h5-6,9-10,13,18H,7-8,11-12H2,1-4H3. The summed E-state index contributed by atoms with van der Waals surface area (Å²) in [5, 5.41) is 3.50. The highest BCUT2D eigenvalue weighted by Crippen LogP contribution is 2.17. The van der Waals surface area contributed by atoms with Crippen LogP contribution in [0.25, 0.3) is 0 Å². The molecule has 0 radical (unpaired) electrons. The molecule has 0 fully saturated rings. The van der Waals surface area contributed by atoms with Crippen LogP contribution in [-0.4, -0.2) is 18.2 Å². The van der Waals surface area contributed by atoms with Crippen molar-refractivity contribution in [1.82, 2.24) is 5.32 Å². The Balaban J connectivity index is 2.18. The first-order valence-corrected chi connectivity index (χ1v) is 7.78. The summed E-state index contributed by atoms with van der Waals surface area (Å²) in [6.45, 7) is 10.5. The molecule has 0 saturated carbocycles. The van der Waals surface area contributed by atoms with Gasteiger partial charge in [-0.2, -0.15) is 0 Å². The van der Waals surface area contributed by atoms with Crippen molar-refractivity contribution in [3.63, 3.8) is 0 Å². The summed E-state index contributed by atoms with van der Waals surface area (Å²) >= 11 is 3.54. The first-order valence-electron chi connectivity index (χ1n) is 6.98. The molecular formula is C16H26BrNO. The molecule has 0 bridgehead atoms. The molecule has 3 heteroatoms. The summed E-state index contributed by atoms with van der Waals surface area (Å²) in [5.74, 6) is 0. The first kappa shape index (κ1) is 16.7. The zero-order chi connectivity index (χ0) is 14.3. The molecule has 19 heavy (non-hydrogen) atoms. The molecule has 0 aromatic heterocycles. The van der Waals surface area contributed by atoms with Crippen molar-refractivity contribution in [2.24, 2.45) is 0 Å². The lowest BCUT2D eigenvalue weighted by Crippen LogP contribution is -2.36. The lowest BCUT2D eigenvalue weighted by atomic mass is 10.1. The van der Waals surface area contributed by atoms with E-state index >= 15 is 0 Å². The quantitative estimate of drug-likeness (QED) is 0.743. The number of nitrogens with one attached hydrogen (secondary N) is 1. The molecule has 1 unspecified atom stereocenters. The highest BCUT2D eigenvalue weighted by atomic mass is 79.9. The Morgan fingerprint density at radius 3 is 2.58 bits per heavy atom. The fraction of sp³-hybridized carbons (Fsp3) is 0.625. The summed E-state index contributed by atoms with van der Waals surface area (Å²) in [7, 11) is 0. The van der Waals surface area contributed by atoms with Crippen molar-refractivity contribution >= 4 is 15.9 Å². The van der Waals surface area contributed by atoms with Crippen molar-refractivity contribution in [3.05, 3.63) is 34.3 Å². The van der Waals surface area contributed by atoms with E-state index in [1.165, 1.54) is 5.56 Å². The molecule has 1 N–H and O–H groups in total. The minimum Gasteiger partial charge on any atom is -0.374 e. The van der Waals surface area contributed by atoms with E-state index in [1.54, 1.807) is 0 Å². The summed E-state index contributed by atoms with van der Waals surface area (Å²) in [6.07, 6.45) is 2.54. The topological polar surface area (TPSA) is 21.3 Å². The molecule has 0 aliphatic heterocycles. The second-order valence-electron chi connectivity index (χ2n) is 6.03. The fourth-order valence-corrected chi connectivity index (χ4v) is 2.18. The van der Waals surface area contributed by atoms with Gasteiger partial charge in [0.15, 0.2) is 0 Å². The minimum absolute atomic E-state index is 0.207. The maximum absolute atomic E-state index is 5.88. The van der Waals surface area contributed by atoms with Crippen molar-refractivity contribution in [3.8, 4) is 0 Å². The number of hydrogen-bond donors (Lipinski definition) is 1. The number of hydrogen-bond acceptors (Lipinski definition) is 2. The van der Waals surface area contributed by atoms with Gasteiger partial charge in [0.2, 0.25) is 0 Å². The van der Waals surface area contributed by atoms with Crippen LogP contribution in [0, 0.1) is 0 Å².